The third-order valence-electron chi connectivity index (χ3n) is 2.21. The molecule has 0 aliphatic carbocycles. The van der Waals surface area contributed by atoms with Crippen LogP contribution in [-0.2, 0) is 9.59 Å². The quantitative estimate of drug-likeness (QED) is 0.693. The summed E-state index contributed by atoms with van der Waals surface area (Å²) in [6, 6.07) is 0. The molecule has 1 atom stereocenters. The van der Waals surface area contributed by atoms with E-state index in [1.165, 1.54) is 0 Å². The van der Waals surface area contributed by atoms with E-state index in [-0.39, 0.29) is 30.2 Å². The van der Waals surface area contributed by atoms with Crippen LogP contribution in [0.3, 0.4) is 0 Å². The minimum atomic E-state index is -0.254. The van der Waals surface area contributed by atoms with Gasteiger partial charge in [0.2, 0.25) is 11.8 Å². The number of nitrogens with one attached hydrogen (secondary N) is 1. The van der Waals surface area contributed by atoms with Crippen molar-refractivity contribution in [1.82, 2.24) is 10.2 Å². The maximum Gasteiger partial charge on any atom is 0.241 e. The van der Waals surface area contributed by atoms with Crippen LogP contribution in [0.1, 0.15) is 20.8 Å². The van der Waals surface area contributed by atoms with Gasteiger partial charge in [-0.05, 0) is 13.8 Å². The summed E-state index contributed by atoms with van der Waals surface area (Å²) in [5.41, 5.74) is 0. The van der Waals surface area contributed by atoms with Gasteiger partial charge in [0.25, 0.3) is 0 Å². The molecule has 2 amide bonds. The Morgan fingerprint density at radius 2 is 1.87 bits per heavy atom. The van der Waals surface area contributed by atoms with E-state index in [1.54, 1.807) is 11.8 Å². The van der Waals surface area contributed by atoms with E-state index in [0.717, 1.165) is 0 Å². The first kappa shape index (κ1) is 14.2. The number of hydrogen-bond acceptors (Lipinski definition) is 2. The van der Waals surface area contributed by atoms with Gasteiger partial charge in [-0.25, -0.2) is 0 Å². The van der Waals surface area contributed by atoms with Crippen molar-refractivity contribution in [2.75, 3.05) is 25.5 Å². The molecule has 0 saturated carbocycles. The summed E-state index contributed by atoms with van der Waals surface area (Å²) in [6.07, 6.45) is 0. The third-order valence-corrected chi connectivity index (χ3v) is 2.67. The number of rotatable bonds is 6. The molecule has 0 rings (SSSR count). The Bertz CT molecular complexity index is 217. The van der Waals surface area contributed by atoms with Crippen LogP contribution in [0.25, 0.3) is 0 Å². The van der Waals surface area contributed by atoms with Gasteiger partial charge < -0.3 is 10.2 Å². The monoisotopic (exact) mass is 234 g/mol. The first-order chi connectivity index (χ1) is 7.06. The lowest BCUT2D eigenvalue weighted by Crippen LogP contribution is -2.41. The highest BCUT2D eigenvalue weighted by Crippen LogP contribution is 1.97. The summed E-state index contributed by atoms with van der Waals surface area (Å²) in [5.74, 6) is -0.220. The molecule has 1 N–H and O–H groups in total. The Labute approximate surface area is 96.0 Å². The minimum absolute atomic E-state index is 0.0573. The highest BCUT2D eigenvalue weighted by Gasteiger charge is 2.14. The second-order valence-corrected chi connectivity index (χ2v) is 3.65. The summed E-state index contributed by atoms with van der Waals surface area (Å²) in [5, 5.41) is 2.57. The van der Waals surface area contributed by atoms with Crippen molar-refractivity contribution in [3.8, 4) is 0 Å². The van der Waals surface area contributed by atoms with Gasteiger partial charge in [-0.2, -0.15) is 0 Å². The smallest absolute Gasteiger partial charge is 0.241 e. The van der Waals surface area contributed by atoms with Gasteiger partial charge >= 0.3 is 0 Å². The van der Waals surface area contributed by atoms with E-state index in [9.17, 15) is 9.59 Å². The molecule has 0 radical (unpaired) electrons. The Balaban J connectivity index is 3.94. The normalized spacial score (nSPS) is 12.0. The fourth-order valence-electron chi connectivity index (χ4n) is 1.10. The first-order valence-corrected chi connectivity index (χ1v) is 5.71. The lowest BCUT2D eigenvalue weighted by Gasteiger charge is -2.19. The van der Waals surface area contributed by atoms with Crippen LogP contribution in [0.5, 0.6) is 0 Å². The predicted molar refractivity (Wildman–Crippen MR) is 60.8 cm³/mol. The number of likely N-dealkylation sites (N-methyl/N-ethyl adjacent to an activating group) is 1. The fourth-order valence-corrected chi connectivity index (χ4v) is 1.24. The molecule has 0 aromatic rings. The van der Waals surface area contributed by atoms with Crippen LogP contribution in [0.2, 0.25) is 0 Å². The maximum atomic E-state index is 11.5. The molecule has 1 unspecified atom stereocenters. The number of alkyl halides is 1. The van der Waals surface area contributed by atoms with Gasteiger partial charge in [-0.15, -0.1) is 11.6 Å². The van der Waals surface area contributed by atoms with Crippen molar-refractivity contribution in [1.29, 1.82) is 0 Å². The van der Waals surface area contributed by atoms with E-state index in [4.69, 9.17) is 11.6 Å². The molecule has 0 fully saturated rings. The largest absolute Gasteiger partial charge is 0.347 e. The Kier molecular flexibility index (Phi) is 7.13. The molecular formula is C10H19ClN2O2. The van der Waals surface area contributed by atoms with Gasteiger partial charge in [0.15, 0.2) is 0 Å². The highest BCUT2D eigenvalue weighted by molar-refractivity contribution is 6.19. The van der Waals surface area contributed by atoms with E-state index in [2.05, 4.69) is 5.32 Å². The first-order valence-electron chi connectivity index (χ1n) is 5.18. The number of nitrogens with zero attached hydrogens (tertiary/aromatic N) is 1. The maximum absolute atomic E-state index is 11.5. The van der Waals surface area contributed by atoms with Gasteiger partial charge in [-0.3, -0.25) is 9.59 Å². The molecule has 88 valence electrons. The molecule has 0 aliphatic heterocycles. The van der Waals surface area contributed by atoms with Crippen molar-refractivity contribution in [3.63, 3.8) is 0 Å². The van der Waals surface area contributed by atoms with Gasteiger partial charge in [0, 0.05) is 24.9 Å². The van der Waals surface area contributed by atoms with Crippen LogP contribution >= 0.6 is 11.6 Å². The van der Waals surface area contributed by atoms with Crippen molar-refractivity contribution in [2.24, 2.45) is 5.92 Å². The predicted octanol–water partition coefficient (Wildman–Crippen LogP) is 0.846. The van der Waals surface area contributed by atoms with Gasteiger partial charge in [0.1, 0.15) is 0 Å². The molecule has 0 spiro atoms. The molecular weight excluding hydrogens is 216 g/mol. The van der Waals surface area contributed by atoms with Crippen LogP contribution in [-0.4, -0.2) is 42.2 Å². The van der Waals surface area contributed by atoms with Crippen molar-refractivity contribution < 1.29 is 9.59 Å². The number of halogens is 1. The van der Waals surface area contributed by atoms with E-state index in [1.807, 2.05) is 13.8 Å². The molecule has 4 nitrogen and oxygen atoms in total. The third kappa shape index (κ3) is 5.02. The number of hydrogen-bond donors (Lipinski definition) is 1. The van der Waals surface area contributed by atoms with E-state index in [0.29, 0.717) is 13.1 Å². The SMILES string of the molecule is CCN(CC)C(=O)CNC(=O)C(C)CCl. The summed E-state index contributed by atoms with van der Waals surface area (Å²) >= 11 is 5.52. The second-order valence-electron chi connectivity index (χ2n) is 3.34. The van der Waals surface area contributed by atoms with E-state index < -0.39 is 0 Å². The van der Waals surface area contributed by atoms with Gasteiger partial charge in [-0.1, -0.05) is 6.92 Å². The summed E-state index contributed by atoms with van der Waals surface area (Å²) < 4.78 is 0. The van der Waals surface area contributed by atoms with Crippen LogP contribution in [0, 0.1) is 5.92 Å². The topological polar surface area (TPSA) is 49.4 Å². The van der Waals surface area contributed by atoms with Crippen LogP contribution in [0.15, 0.2) is 0 Å². The number of amides is 2. The Morgan fingerprint density at radius 3 is 2.27 bits per heavy atom. The zero-order chi connectivity index (χ0) is 11.8. The lowest BCUT2D eigenvalue weighted by molar-refractivity contribution is -0.133. The highest BCUT2D eigenvalue weighted by atomic mass is 35.5. The van der Waals surface area contributed by atoms with E-state index >= 15 is 0 Å². The lowest BCUT2D eigenvalue weighted by atomic mass is 10.2. The number of carbonyl (C=O) groups is 2. The van der Waals surface area contributed by atoms with Crippen molar-refractivity contribution >= 4 is 23.4 Å². The molecule has 5 heteroatoms. The molecule has 0 saturated heterocycles. The summed E-state index contributed by atoms with van der Waals surface area (Å²) in [7, 11) is 0. The molecule has 0 aliphatic rings. The molecule has 0 aromatic carbocycles. The average molecular weight is 235 g/mol. The second kappa shape index (κ2) is 7.51. The fraction of sp³-hybridized carbons (Fsp3) is 0.800. The number of carbonyl (C=O) groups excluding carboxylic acids is 2. The molecule has 0 bridgehead atoms. The summed E-state index contributed by atoms with van der Waals surface area (Å²) in [4.78, 5) is 24.5. The summed E-state index contributed by atoms with van der Waals surface area (Å²) in [6.45, 7) is 6.92. The van der Waals surface area contributed by atoms with Crippen LogP contribution < -0.4 is 5.32 Å². The van der Waals surface area contributed by atoms with Crippen molar-refractivity contribution in [3.05, 3.63) is 0 Å². The zero-order valence-electron chi connectivity index (χ0n) is 9.55. The Hall–Kier alpha value is -0.770. The molecule has 0 aromatic heterocycles. The van der Waals surface area contributed by atoms with Crippen LogP contribution in [0.4, 0.5) is 0 Å². The zero-order valence-corrected chi connectivity index (χ0v) is 10.3. The van der Waals surface area contributed by atoms with Crippen molar-refractivity contribution in [2.45, 2.75) is 20.8 Å². The molecule has 0 heterocycles. The Morgan fingerprint density at radius 1 is 1.33 bits per heavy atom. The average Bonchev–Trinajstić information content (AvgIpc) is 2.26. The van der Waals surface area contributed by atoms with Gasteiger partial charge in [0.05, 0.1) is 6.54 Å². The molecule has 15 heavy (non-hydrogen) atoms. The standard InChI is InChI=1S/C10H19ClN2O2/c1-4-13(5-2)9(14)7-12-10(15)8(3)6-11/h8H,4-7H2,1-3H3,(H,12,15). The minimum Gasteiger partial charge on any atom is -0.347 e.